The van der Waals surface area contributed by atoms with E-state index in [-0.39, 0.29) is 18.4 Å². The van der Waals surface area contributed by atoms with Crippen LogP contribution < -0.4 is 5.73 Å². The van der Waals surface area contributed by atoms with Gasteiger partial charge in [-0.1, -0.05) is 11.6 Å². The van der Waals surface area contributed by atoms with Crippen LogP contribution in [0, 0.1) is 12.7 Å². The summed E-state index contributed by atoms with van der Waals surface area (Å²) in [5, 5.41) is 8.91. The minimum atomic E-state index is -0.949. The summed E-state index contributed by atoms with van der Waals surface area (Å²) in [6.45, 7) is 1.59. The number of aryl methyl sites for hydroxylation is 1. The Morgan fingerprint density at radius 3 is 2.81 bits per heavy atom. The molecule has 0 fully saturated rings. The second kappa shape index (κ2) is 5.27. The summed E-state index contributed by atoms with van der Waals surface area (Å²) in [6.07, 6.45) is 0.0954. The monoisotopic (exact) mass is 245 g/mol. The van der Waals surface area contributed by atoms with Crippen LogP contribution in [0.5, 0.6) is 0 Å². The van der Waals surface area contributed by atoms with E-state index >= 15 is 0 Å². The van der Waals surface area contributed by atoms with Crippen molar-refractivity contribution in [1.82, 2.24) is 0 Å². The van der Waals surface area contributed by atoms with Crippen molar-refractivity contribution in [2.45, 2.75) is 25.8 Å². The van der Waals surface area contributed by atoms with Gasteiger partial charge in [0, 0.05) is 23.0 Å². The molecule has 0 saturated carbocycles. The van der Waals surface area contributed by atoms with Crippen LogP contribution in [0.3, 0.4) is 0 Å². The minimum absolute atomic E-state index is 0.0911. The van der Waals surface area contributed by atoms with Gasteiger partial charge in [-0.15, -0.1) is 0 Å². The van der Waals surface area contributed by atoms with Gasteiger partial charge in [-0.25, -0.2) is 4.39 Å². The normalized spacial score (nSPS) is 12.5. The minimum Gasteiger partial charge on any atom is -0.481 e. The molecule has 0 heterocycles. The average molecular weight is 246 g/mol. The third kappa shape index (κ3) is 3.18. The van der Waals surface area contributed by atoms with Crippen LogP contribution in [0.1, 0.15) is 30.0 Å². The van der Waals surface area contributed by atoms with E-state index in [2.05, 4.69) is 0 Å². The molecule has 88 valence electrons. The van der Waals surface area contributed by atoms with Gasteiger partial charge in [-0.3, -0.25) is 4.79 Å². The fourth-order valence-corrected chi connectivity index (χ4v) is 1.74. The first-order chi connectivity index (χ1) is 7.41. The van der Waals surface area contributed by atoms with Crippen molar-refractivity contribution in [2.24, 2.45) is 5.73 Å². The van der Waals surface area contributed by atoms with Gasteiger partial charge in [-0.2, -0.15) is 0 Å². The summed E-state index contributed by atoms with van der Waals surface area (Å²) in [5.74, 6) is -1.36. The highest BCUT2D eigenvalue weighted by atomic mass is 35.5. The quantitative estimate of drug-likeness (QED) is 0.857. The number of benzene rings is 1. The number of hydrogen-bond acceptors (Lipinski definition) is 2. The molecule has 1 atom stereocenters. The molecule has 0 spiro atoms. The number of carboxylic acids is 1. The molecule has 1 rings (SSSR count). The smallest absolute Gasteiger partial charge is 0.303 e. The highest BCUT2D eigenvalue weighted by molar-refractivity contribution is 6.30. The van der Waals surface area contributed by atoms with Crippen molar-refractivity contribution >= 4 is 17.6 Å². The molecule has 1 aromatic carbocycles. The van der Waals surface area contributed by atoms with Crippen LogP contribution in [0.25, 0.3) is 0 Å². The number of nitrogens with two attached hydrogens (primary N) is 1. The molecular weight excluding hydrogens is 233 g/mol. The lowest BCUT2D eigenvalue weighted by Gasteiger charge is -2.13. The van der Waals surface area contributed by atoms with Gasteiger partial charge in [-0.05, 0) is 31.0 Å². The van der Waals surface area contributed by atoms with Gasteiger partial charge in [0.25, 0.3) is 0 Å². The molecule has 0 aliphatic heterocycles. The standard InChI is InChI=1S/C11H13ClFNO2/c1-6-4-7(12)5-8(11(6)13)9(14)2-3-10(15)16/h4-5,9H,2-3,14H2,1H3,(H,15,16). The van der Waals surface area contributed by atoms with Crippen molar-refractivity contribution in [3.63, 3.8) is 0 Å². The number of hydrogen-bond donors (Lipinski definition) is 2. The van der Waals surface area contributed by atoms with E-state index < -0.39 is 17.8 Å². The lowest BCUT2D eigenvalue weighted by Crippen LogP contribution is -2.14. The van der Waals surface area contributed by atoms with Gasteiger partial charge < -0.3 is 10.8 Å². The van der Waals surface area contributed by atoms with E-state index in [1.165, 1.54) is 12.1 Å². The number of carboxylic acid groups (broad SMARTS) is 1. The molecule has 5 heteroatoms. The lowest BCUT2D eigenvalue weighted by atomic mass is 10.00. The second-order valence-corrected chi connectivity index (χ2v) is 4.10. The van der Waals surface area contributed by atoms with E-state index in [0.717, 1.165) is 0 Å². The Kier molecular flexibility index (Phi) is 4.26. The maximum Gasteiger partial charge on any atom is 0.303 e. The first kappa shape index (κ1) is 12.9. The van der Waals surface area contributed by atoms with E-state index in [1.54, 1.807) is 6.92 Å². The first-order valence-corrected chi connectivity index (χ1v) is 5.22. The van der Waals surface area contributed by atoms with Gasteiger partial charge in [0.1, 0.15) is 5.82 Å². The molecular formula is C11H13ClFNO2. The summed E-state index contributed by atoms with van der Waals surface area (Å²) in [6, 6.07) is 2.30. The van der Waals surface area contributed by atoms with Crippen LogP contribution in [-0.2, 0) is 4.79 Å². The van der Waals surface area contributed by atoms with E-state index in [9.17, 15) is 9.18 Å². The van der Waals surface area contributed by atoms with E-state index in [0.29, 0.717) is 10.6 Å². The zero-order chi connectivity index (χ0) is 12.3. The second-order valence-electron chi connectivity index (χ2n) is 3.66. The summed E-state index contributed by atoms with van der Waals surface area (Å²) in [5.41, 5.74) is 6.40. The fourth-order valence-electron chi connectivity index (χ4n) is 1.46. The molecule has 0 aliphatic rings. The first-order valence-electron chi connectivity index (χ1n) is 4.84. The Hall–Kier alpha value is -1.13. The third-order valence-corrected chi connectivity index (χ3v) is 2.53. The SMILES string of the molecule is Cc1cc(Cl)cc(C(N)CCC(=O)O)c1F. The van der Waals surface area contributed by atoms with Crippen LogP contribution in [0.4, 0.5) is 4.39 Å². The van der Waals surface area contributed by atoms with Crippen LogP contribution in [-0.4, -0.2) is 11.1 Å². The summed E-state index contributed by atoms with van der Waals surface area (Å²) < 4.78 is 13.7. The summed E-state index contributed by atoms with van der Waals surface area (Å²) >= 11 is 5.79. The molecule has 1 unspecified atom stereocenters. The van der Waals surface area contributed by atoms with Crippen LogP contribution in [0.2, 0.25) is 5.02 Å². The molecule has 0 bridgehead atoms. The number of aliphatic carboxylic acids is 1. The Morgan fingerprint density at radius 2 is 2.25 bits per heavy atom. The molecule has 0 aliphatic carbocycles. The molecule has 3 N–H and O–H groups in total. The van der Waals surface area contributed by atoms with Crippen molar-refractivity contribution in [3.05, 3.63) is 34.1 Å². The van der Waals surface area contributed by atoms with Crippen molar-refractivity contribution in [3.8, 4) is 0 Å². The number of rotatable bonds is 4. The topological polar surface area (TPSA) is 63.3 Å². The Labute approximate surface area is 98.0 Å². The maximum absolute atomic E-state index is 13.7. The maximum atomic E-state index is 13.7. The predicted octanol–water partition coefficient (Wildman–Crippen LogP) is 2.65. The van der Waals surface area contributed by atoms with E-state index in [1.807, 2.05) is 0 Å². The Balaban J connectivity index is 2.90. The van der Waals surface area contributed by atoms with Gasteiger partial charge in [0.05, 0.1) is 0 Å². The zero-order valence-electron chi connectivity index (χ0n) is 8.84. The van der Waals surface area contributed by atoms with Crippen LogP contribution >= 0.6 is 11.6 Å². The van der Waals surface area contributed by atoms with Gasteiger partial charge in [0.2, 0.25) is 0 Å². The molecule has 0 radical (unpaired) electrons. The van der Waals surface area contributed by atoms with E-state index in [4.69, 9.17) is 22.4 Å². The number of carbonyl (C=O) groups is 1. The number of halogens is 2. The summed E-state index contributed by atoms with van der Waals surface area (Å²) in [4.78, 5) is 10.4. The third-order valence-electron chi connectivity index (χ3n) is 2.32. The average Bonchev–Trinajstić information content (AvgIpc) is 2.19. The zero-order valence-corrected chi connectivity index (χ0v) is 9.59. The predicted molar refractivity (Wildman–Crippen MR) is 59.9 cm³/mol. The Morgan fingerprint density at radius 1 is 1.62 bits per heavy atom. The summed E-state index contributed by atoms with van der Waals surface area (Å²) in [7, 11) is 0. The highest BCUT2D eigenvalue weighted by Gasteiger charge is 2.15. The van der Waals surface area contributed by atoms with Crippen LogP contribution in [0.15, 0.2) is 12.1 Å². The molecule has 0 aromatic heterocycles. The lowest BCUT2D eigenvalue weighted by molar-refractivity contribution is -0.137. The molecule has 1 aromatic rings. The highest BCUT2D eigenvalue weighted by Crippen LogP contribution is 2.25. The van der Waals surface area contributed by atoms with Crippen molar-refractivity contribution in [2.75, 3.05) is 0 Å². The fraction of sp³-hybridized carbons (Fsp3) is 0.364. The van der Waals surface area contributed by atoms with Crippen molar-refractivity contribution in [1.29, 1.82) is 0 Å². The molecule has 0 amide bonds. The molecule has 16 heavy (non-hydrogen) atoms. The largest absolute Gasteiger partial charge is 0.481 e. The van der Waals surface area contributed by atoms with Gasteiger partial charge >= 0.3 is 5.97 Å². The molecule has 0 saturated heterocycles. The molecule has 3 nitrogen and oxygen atoms in total. The Bertz CT molecular complexity index is 409. The van der Waals surface area contributed by atoms with Gasteiger partial charge in [0.15, 0.2) is 0 Å². The van der Waals surface area contributed by atoms with Crippen molar-refractivity contribution < 1.29 is 14.3 Å².